The van der Waals surface area contributed by atoms with Crippen LogP contribution < -0.4 is 4.90 Å². The SMILES string of the molecule is Cc1ccc2c(c1)[C@H](O)CC(C)N2C(=O)c1ccc(Br)cc1. The van der Waals surface area contributed by atoms with Crippen LogP contribution in [0.3, 0.4) is 0 Å². The Morgan fingerprint density at radius 3 is 2.59 bits per heavy atom. The van der Waals surface area contributed by atoms with E-state index in [-0.39, 0.29) is 11.9 Å². The van der Waals surface area contributed by atoms with Crippen molar-refractivity contribution in [2.45, 2.75) is 32.4 Å². The number of carbonyl (C=O) groups is 1. The zero-order valence-electron chi connectivity index (χ0n) is 12.6. The summed E-state index contributed by atoms with van der Waals surface area (Å²) in [5, 5.41) is 10.3. The number of fused-ring (bicyclic) bond motifs is 1. The summed E-state index contributed by atoms with van der Waals surface area (Å²) in [7, 11) is 0. The first-order valence-corrected chi connectivity index (χ1v) is 8.14. The Balaban J connectivity index is 2.04. The molecule has 1 aliphatic heterocycles. The number of halogens is 1. The molecule has 1 heterocycles. The van der Waals surface area contributed by atoms with Gasteiger partial charge in [-0.05, 0) is 50.6 Å². The highest BCUT2D eigenvalue weighted by atomic mass is 79.9. The van der Waals surface area contributed by atoms with Crippen molar-refractivity contribution < 1.29 is 9.90 Å². The molecule has 114 valence electrons. The van der Waals surface area contributed by atoms with Crippen LogP contribution in [0, 0.1) is 6.92 Å². The van der Waals surface area contributed by atoms with Gasteiger partial charge in [0.25, 0.3) is 5.91 Å². The molecular weight excluding hydrogens is 342 g/mol. The molecule has 2 aromatic rings. The Bertz CT molecular complexity index is 712. The van der Waals surface area contributed by atoms with E-state index < -0.39 is 6.10 Å². The minimum absolute atomic E-state index is 0.0306. The van der Waals surface area contributed by atoms with E-state index in [1.807, 2.05) is 56.3 Å². The molecule has 1 amide bonds. The van der Waals surface area contributed by atoms with E-state index in [1.54, 1.807) is 4.90 Å². The first kappa shape index (κ1) is 15.3. The van der Waals surface area contributed by atoms with Crippen LogP contribution in [-0.4, -0.2) is 17.1 Å². The van der Waals surface area contributed by atoms with Crippen LogP contribution in [0.2, 0.25) is 0 Å². The number of benzene rings is 2. The van der Waals surface area contributed by atoms with Gasteiger partial charge in [0.15, 0.2) is 0 Å². The lowest BCUT2D eigenvalue weighted by molar-refractivity contribution is 0.0949. The number of amides is 1. The second kappa shape index (κ2) is 5.86. The molecule has 1 N–H and O–H groups in total. The van der Waals surface area contributed by atoms with E-state index in [0.717, 1.165) is 21.3 Å². The topological polar surface area (TPSA) is 40.5 Å². The minimum Gasteiger partial charge on any atom is -0.388 e. The Morgan fingerprint density at radius 2 is 1.91 bits per heavy atom. The zero-order valence-corrected chi connectivity index (χ0v) is 14.2. The molecule has 0 aliphatic carbocycles. The van der Waals surface area contributed by atoms with Gasteiger partial charge in [-0.3, -0.25) is 4.79 Å². The summed E-state index contributed by atoms with van der Waals surface area (Å²) in [5.41, 5.74) is 3.38. The fraction of sp³-hybridized carbons (Fsp3) is 0.278. The number of nitrogens with zero attached hydrogens (tertiary/aromatic N) is 1. The average molecular weight is 360 g/mol. The van der Waals surface area contributed by atoms with E-state index in [2.05, 4.69) is 15.9 Å². The number of hydrogen-bond donors (Lipinski definition) is 1. The maximum atomic E-state index is 12.9. The van der Waals surface area contributed by atoms with Gasteiger partial charge in [-0.2, -0.15) is 0 Å². The zero-order chi connectivity index (χ0) is 15.9. The first-order valence-electron chi connectivity index (χ1n) is 7.35. The van der Waals surface area contributed by atoms with Gasteiger partial charge < -0.3 is 10.0 Å². The lowest BCUT2D eigenvalue weighted by atomic mass is 9.92. The monoisotopic (exact) mass is 359 g/mol. The fourth-order valence-electron chi connectivity index (χ4n) is 2.99. The van der Waals surface area contributed by atoms with E-state index in [4.69, 9.17) is 0 Å². The van der Waals surface area contributed by atoms with Gasteiger partial charge in [0.2, 0.25) is 0 Å². The van der Waals surface area contributed by atoms with Crippen LogP contribution in [0.25, 0.3) is 0 Å². The van der Waals surface area contributed by atoms with Gasteiger partial charge in [-0.25, -0.2) is 0 Å². The normalized spacial score (nSPS) is 20.6. The van der Waals surface area contributed by atoms with Gasteiger partial charge in [0.05, 0.1) is 11.8 Å². The smallest absolute Gasteiger partial charge is 0.258 e. The van der Waals surface area contributed by atoms with Crippen LogP contribution in [0.1, 0.15) is 40.9 Å². The second-order valence-electron chi connectivity index (χ2n) is 5.84. The van der Waals surface area contributed by atoms with Crippen molar-refractivity contribution in [1.82, 2.24) is 0 Å². The van der Waals surface area contributed by atoms with Gasteiger partial charge >= 0.3 is 0 Å². The summed E-state index contributed by atoms with van der Waals surface area (Å²) in [4.78, 5) is 14.7. The van der Waals surface area contributed by atoms with Crippen molar-refractivity contribution >= 4 is 27.5 Å². The van der Waals surface area contributed by atoms with Crippen molar-refractivity contribution in [3.05, 3.63) is 63.6 Å². The van der Waals surface area contributed by atoms with Crippen LogP contribution in [0.5, 0.6) is 0 Å². The molecule has 0 aromatic heterocycles. The summed E-state index contributed by atoms with van der Waals surface area (Å²) < 4.78 is 0.946. The highest BCUT2D eigenvalue weighted by Gasteiger charge is 2.33. The predicted molar refractivity (Wildman–Crippen MR) is 91.2 cm³/mol. The molecule has 2 atom stereocenters. The molecule has 0 saturated heterocycles. The number of hydrogen-bond acceptors (Lipinski definition) is 2. The molecule has 3 rings (SSSR count). The quantitative estimate of drug-likeness (QED) is 0.827. The van der Waals surface area contributed by atoms with Crippen molar-refractivity contribution in [3.8, 4) is 0 Å². The molecular formula is C18H18BrNO2. The van der Waals surface area contributed by atoms with Crippen molar-refractivity contribution in [2.75, 3.05) is 4.90 Å². The van der Waals surface area contributed by atoms with Crippen LogP contribution in [-0.2, 0) is 0 Å². The van der Waals surface area contributed by atoms with Crippen LogP contribution in [0.15, 0.2) is 46.9 Å². The fourth-order valence-corrected chi connectivity index (χ4v) is 3.26. The maximum absolute atomic E-state index is 12.9. The number of aliphatic hydroxyl groups is 1. The summed E-state index contributed by atoms with van der Waals surface area (Å²) in [5.74, 6) is -0.0306. The lowest BCUT2D eigenvalue weighted by Gasteiger charge is -2.38. The van der Waals surface area contributed by atoms with Crippen molar-refractivity contribution in [2.24, 2.45) is 0 Å². The van der Waals surface area contributed by atoms with E-state index in [1.165, 1.54) is 0 Å². The largest absolute Gasteiger partial charge is 0.388 e. The third-order valence-corrected chi connectivity index (χ3v) is 4.65. The Kier molecular flexibility index (Phi) is 4.06. The molecule has 2 aromatic carbocycles. The van der Waals surface area contributed by atoms with E-state index >= 15 is 0 Å². The number of carbonyl (C=O) groups excluding carboxylic acids is 1. The third kappa shape index (κ3) is 2.69. The van der Waals surface area contributed by atoms with Gasteiger partial charge in [0, 0.05) is 21.6 Å². The molecule has 0 bridgehead atoms. The van der Waals surface area contributed by atoms with Crippen molar-refractivity contribution in [3.63, 3.8) is 0 Å². The molecule has 4 heteroatoms. The molecule has 0 spiro atoms. The molecule has 22 heavy (non-hydrogen) atoms. The molecule has 0 saturated carbocycles. The maximum Gasteiger partial charge on any atom is 0.258 e. The number of rotatable bonds is 1. The summed E-state index contributed by atoms with van der Waals surface area (Å²) >= 11 is 3.39. The predicted octanol–water partition coefficient (Wildman–Crippen LogP) is 4.23. The second-order valence-corrected chi connectivity index (χ2v) is 6.76. The summed E-state index contributed by atoms with van der Waals surface area (Å²) in [6, 6.07) is 13.2. The van der Waals surface area contributed by atoms with Gasteiger partial charge in [-0.15, -0.1) is 0 Å². The van der Waals surface area contributed by atoms with E-state index in [0.29, 0.717) is 12.0 Å². The number of aliphatic hydroxyl groups excluding tert-OH is 1. The summed E-state index contributed by atoms with van der Waals surface area (Å²) in [6.07, 6.45) is 0.0393. The van der Waals surface area contributed by atoms with Crippen molar-refractivity contribution in [1.29, 1.82) is 0 Å². The van der Waals surface area contributed by atoms with Gasteiger partial charge in [-0.1, -0.05) is 33.6 Å². The minimum atomic E-state index is -0.515. The number of anilines is 1. The Morgan fingerprint density at radius 1 is 1.23 bits per heavy atom. The molecule has 1 aliphatic rings. The highest BCUT2D eigenvalue weighted by molar-refractivity contribution is 9.10. The molecule has 0 fully saturated rings. The average Bonchev–Trinajstić information content (AvgIpc) is 2.48. The third-order valence-electron chi connectivity index (χ3n) is 4.12. The Labute approximate surface area is 138 Å². The Hall–Kier alpha value is -1.65. The number of aryl methyl sites for hydroxylation is 1. The van der Waals surface area contributed by atoms with Crippen LogP contribution in [0.4, 0.5) is 5.69 Å². The standard InChI is InChI=1S/C18H18BrNO2/c1-11-3-8-16-15(9-11)17(21)10-12(2)20(16)18(22)13-4-6-14(19)7-5-13/h3-9,12,17,21H,10H2,1-2H3/t12?,17-/m1/s1. The molecule has 1 unspecified atom stereocenters. The van der Waals surface area contributed by atoms with E-state index in [9.17, 15) is 9.90 Å². The van der Waals surface area contributed by atoms with Gasteiger partial charge in [0.1, 0.15) is 0 Å². The highest BCUT2D eigenvalue weighted by Crippen LogP contribution is 2.38. The van der Waals surface area contributed by atoms with Crippen LogP contribution >= 0.6 is 15.9 Å². The summed E-state index contributed by atoms with van der Waals surface area (Å²) in [6.45, 7) is 3.97. The lowest BCUT2D eigenvalue weighted by Crippen LogP contribution is -2.43. The molecule has 0 radical (unpaired) electrons. The molecule has 3 nitrogen and oxygen atoms in total. The first-order chi connectivity index (χ1) is 10.5.